The fraction of sp³-hybridized carbons (Fsp3) is 0.353. The van der Waals surface area contributed by atoms with Gasteiger partial charge in [-0.25, -0.2) is 0 Å². The molecule has 0 bridgehead atoms. The first-order valence-corrected chi connectivity index (χ1v) is 8.16. The van der Waals surface area contributed by atoms with Crippen molar-refractivity contribution in [1.29, 1.82) is 0 Å². The number of rotatable bonds is 3. The Hall–Kier alpha value is -1.39. The summed E-state index contributed by atoms with van der Waals surface area (Å²) in [4.78, 5) is 9.14. The van der Waals surface area contributed by atoms with E-state index >= 15 is 0 Å². The summed E-state index contributed by atoms with van der Waals surface area (Å²) in [6, 6.07) is 13.3. The lowest BCUT2D eigenvalue weighted by molar-refractivity contribution is 0.181. The molecule has 3 nitrogen and oxygen atoms in total. The van der Waals surface area contributed by atoms with Gasteiger partial charge in [-0.05, 0) is 34.5 Å². The van der Waals surface area contributed by atoms with Crippen LogP contribution in [0.1, 0.15) is 12.5 Å². The minimum Gasteiger partial charge on any atom is -0.368 e. The largest absolute Gasteiger partial charge is 0.368 e. The summed E-state index contributed by atoms with van der Waals surface area (Å²) in [5.74, 6) is 0. The molecule has 0 radical (unpaired) electrons. The zero-order valence-corrected chi connectivity index (χ0v) is 13.8. The highest BCUT2D eigenvalue weighted by Gasteiger charge is 2.24. The molecule has 1 atom stereocenters. The minimum atomic E-state index is 0.541. The van der Waals surface area contributed by atoms with Crippen molar-refractivity contribution in [2.75, 3.05) is 24.5 Å². The van der Waals surface area contributed by atoms with E-state index in [2.05, 4.69) is 74.0 Å². The Morgan fingerprint density at radius 3 is 2.71 bits per heavy atom. The standard InChI is InChI=1S/C17H20BrN3/c1-14-12-21(17-7-8-19-11-16(17)18)10-9-20(14)13-15-5-3-2-4-6-15/h2-8,11,14H,9-10,12-13H2,1H3. The number of hydrogen-bond donors (Lipinski definition) is 0. The van der Waals surface area contributed by atoms with E-state index in [1.165, 1.54) is 11.3 Å². The number of halogens is 1. The molecule has 2 heterocycles. The highest BCUT2D eigenvalue weighted by molar-refractivity contribution is 9.10. The van der Waals surface area contributed by atoms with E-state index in [1.807, 2.05) is 12.4 Å². The smallest absolute Gasteiger partial charge is 0.0592 e. The van der Waals surface area contributed by atoms with Crippen molar-refractivity contribution >= 4 is 21.6 Å². The van der Waals surface area contributed by atoms with Crippen molar-refractivity contribution in [2.24, 2.45) is 0 Å². The first kappa shape index (κ1) is 14.5. The summed E-state index contributed by atoms with van der Waals surface area (Å²) in [5.41, 5.74) is 2.64. The molecule has 0 saturated carbocycles. The van der Waals surface area contributed by atoms with Crippen LogP contribution in [0.25, 0.3) is 0 Å². The summed E-state index contributed by atoms with van der Waals surface area (Å²) in [6.07, 6.45) is 3.73. The van der Waals surface area contributed by atoms with Crippen LogP contribution in [-0.4, -0.2) is 35.6 Å². The van der Waals surface area contributed by atoms with Crippen molar-refractivity contribution in [1.82, 2.24) is 9.88 Å². The number of hydrogen-bond acceptors (Lipinski definition) is 3. The second-order valence-electron chi connectivity index (χ2n) is 5.58. The van der Waals surface area contributed by atoms with Crippen molar-refractivity contribution in [3.63, 3.8) is 0 Å². The summed E-state index contributed by atoms with van der Waals surface area (Å²) >= 11 is 3.60. The van der Waals surface area contributed by atoms with E-state index in [-0.39, 0.29) is 0 Å². The molecule has 1 saturated heterocycles. The van der Waals surface area contributed by atoms with Crippen LogP contribution in [0.5, 0.6) is 0 Å². The Morgan fingerprint density at radius 1 is 1.19 bits per heavy atom. The molecule has 0 aliphatic carbocycles. The Labute approximate surface area is 134 Å². The summed E-state index contributed by atoms with van der Waals surface area (Å²) in [7, 11) is 0. The maximum atomic E-state index is 4.15. The van der Waals surface area contributed by atoms with Crippen LogP contribution in [-0.2, 0) is 6.54 Å². The van der Waals surface area contributed by atoms with Gasteiger partial charge >= 0.3 is 0 Å². The fourth-order valence-electron chi connectivity index (χ4n) is 2.89. The molecule has 4 heteroatoms. The van der Waals surface area contributed by atoms with E-state index in [0.29, 0.717) is 6.04 Å². The van der Waals surface area contributed by atoms with Gasteiger partial charge < -0.3 is 4.90 Å². The van der Waals surface area contributed by atoms with E-state index < -0.39 is 0 Å². The molecule has 1 aliphatic rings. The Morgan fingerprint density at radius 2 is 2.00 bits per heavy atom. The lowest BCUT2D eigenvalue weighted by Crippen LogP contribution is -2.51. The van der Waals surface area contributed by atoms with E-state index in [9.17, 15) is 0 Å². The second kappa shape index (κ2) is 6.58. The van der Waals surface area contributed by atoms with Gasteiger partial charge in [0.15, 0.2) is 0 Å². The van der Waals surface area contributed by atoms with E-state index in [1.54, 1.807) is 0 Å². The monoisotopic (exact) mass is 345 g/mol. The first-order chi connectivity index (χ1) is 10.2. The van der Waals surface area contributed by atoms with E-state index in [4.69, 9.17) is 0 Å². The third-order valence-electron chi connectivity index (χ3n) is 4.09. The number of pyridine rings is 1. The molecule has 1 aromatic carbocycles. The highest BCUT2D eigenvalue weighted by Crippen LogP contribution is 2.27. The molecule has 21 heavy (non-hydrogen) atoms. The third kappa shape index (κ3) is 3.44. The Kier molecular flexibility index (Phi) is 4.56. The zero-order valence-electron chi connectivity index (χ0n) is 12.2. The molecule has 1 fully saturated rings. The van der Waals surface area contributed by atoms with Crippen molar-refractivity contribution < 1.29 is 0 Å². The predicted octanol–water partition coefficient (Wildman–Crippen LogP) is 3.55. The number of aromatic nitrogens is 1. The molecular weight excluding hydrogens is 326 g/mol. The fourth-order valence-corrected chi connectivity index (χ4v) is 3.39. The van der Waals surface area contributed by atoms with Gasteiger partial charge in [0.25, 0.3) is 0 Å². The molecule has 1 aromatic heterocycles. The predicted molar refractivity (Wildman–Crippen MR) is 90.5 cm³/mol. The summed E-state index contributed by atoms with van der Waals surface area (Å²) in [5, 5.41) is 0. The highest BCUT2D eigenvalue weighted by atomic mass is 79.9. The van der Waals surface area contributed by atoms with Crippen LogP contribution >= 0.6 is 15.9 Å². The zero-order chi connectivity index (χ0) is 14.7. The molecule has 1 aliphatic heterocycles. The minimum absolute atomic E-state index is 0.541. The maximum Gasteiger partial charge on any atom is 0.0592 e. The summed E-state index contributed by atoms with van der Waals surface area (Å²) in [6.45, 7) is 6.54. The second-order valence-corrected chi connectivity index (χ2v) is 6.43. The van der Waals surface area contributed by atoms with Gasteiger partial charge in [0.2, 0.25) is 0 Å². The number of piperazine rings is 1. The number of nitrogens with zero attached hydrogens (tertiary/aromatic N) is 3. The molecule has 0 spiro atoms. The third-order valence-corrected chi connectivity index (χ3v) is 4.70. The number of benzene rings is 1. The molecule has 3 rings (SSSR count). The van der Waals surface area contributed by atoms with Crippen LogP contribution in [0, 0.1) is 0 Å². The van der Waals surface area contributed by atoms with Crippen molar-refractivity contribution in [3.05, 3.63) is 58.8 Å². The van der Waals surface area contributed by atoms with Crippen LogP contribution in [0.4, 0.5) is 5.69 Å². The molecule has 0 amide bonds. The Balaban J connectivity index is 1.66. The van der Waals surface area contributed by atoms with Gasteiger partial charge in [-0.3, -0.25) is 9.88 Å². The van der Waals surface area contributed by atoms with Gasteiger partial charge in [0.1, 0.15) is 0 Å². The maximum absolute atomic E-state index is 4.15. The van der Waals surface area contributed by atoms with Crippen LogP contribution in [0.2, 0.25) is 0 Å². The summed E-state index contributed by atoms with van der Waals surface area (Å²) < 4.78 is 1.08. The first-order valence-electron chi connectivity index (χ1n) is 7.36. The van der Waals surface area contributed by atoms with Crippen molar-refractivity contribution in [2.45, 2.75) is 19.5 Å². The van der Waals surface area contributed by atoms with Gasteiger partial charge in [0.05, 0.1) is 10.2 Å². The lowest BCUT2D eigenvalue weighted by atomic mass is 10.1. The van der Waals surface area contributed by atoms with Crippen molar-refractivity contribution in [3.8, 4) is 0 Å². The SMILES string of the molecule is CC1CN(c2ccncc2Br)CCN1Cc1ccccc1. The van der Waals surface area contributed by atoms with Gasteiger partial charge in [-0.15, -0.1) is 0 Å². The molecule has 1 unspecified atom stereocenters. The molecule has 110 valence electrons. The Bertz CT molecular complexity index is 588. The lowest BCUT2D eigenvalue weighted by Gasteiger charge is -2.41. The van der Waals surface area contributed by atoms with Gasteiger partial charge in [0, 0.05) is 44.6 Å². The number of anilines is 1. The average Bonchev–Trinajstić information content (AvgIpc) is 2.51. The normalized spacial score (nSPS) is 19.7. The van der Waals surface area contributed by atoms with Gasteiger partial charge in [-0.1, -0.05) is 30.3 Å². The topological polar surface area (TPSA) is 19.4 Å². The molecule has 2 aromatic rings. The van der Waals surface area contributed by atoms with Crippen LogP contribution in [0.15, 0.2) is 53.3 Å². The molecule has 0 N–H and O–H groups in total. The van der Waals surface area contributed by atoms with Crippen LogP contribution in [0.3, 0.4) is 0 Å². The van der Waals surface area contributed by atoms with Crippen LogP contribution < -0.4 is 4.90 Å². The van der Waals surface area contributed by atoms with E-state index in [0.717, 1.165) is 30.7 Å². The average molecular weight is 346 g/mol. The van der Waals surface area contributed by atoms with Gasteiger partial charge in [-0.2, -0.15) is 0 Å². The molecular formula is C17H20BrN3. The quantitative estimate of drug-likeness (QED) is 0.847.